The Balaban J connectivity index is 1.61. The molecule has 1 saturated heterocycles. The second-order valence-electron chi connectivity index (χ2n) is 8.51. The number of piperidine rings is 1. The van der Waals surface area contributed by atoms with Gasteiger partial charge in [-0.15, -0.1) is 0 Å². The second-order valence-corrected chi connectivity index (χ2v) is 10.5. The molecule has 1 aliphatic rings. The number of ether oxygens (including phenoxy) is 1. The molecule has 0 N–H and O–H groups in total. The number of rotatable bonds is 5. The van der Waals surface area contributed by atoms with Crippen molar-refractivity contribution in [3.05, 3.63) is 65.2 Å². The lowest BCUT2D eigenvalue weighted by atomic mass is 9.87. The maximum atomic E-state index is 12.7. The molecule has 5 nitrogen and oxygen atoms in total. The van der Waals surface area contributed by atoms with E-state index in [4.69, 9.17) is 4.74 Å². The number of carbonyl (C=O) groups is 1. The molecular weight excluding hydrogens is 386 g/mol. The van der Waals surface area contributed by atoms with Crippen molar-refractivity contribution < 1.29 is 17.9 Å². The average Bonchev–Trinajstić information content (AvgIpc) is 2.72. The zero-order valence-corrected chi connectivity index (χ0v) is 18.2. The quantitative estimate of drug-likeness (QED) is 0.674. The molecular formula is C23H29NO4S. The molecule has 0 unspecified atom stereocenters. The van der Waals surface area contributed by atoms with Crippen LogP contribution in [-0.4, -0.2) is 31.8 Å². The Morgan fingerprint density at radius 2 is 1.52 bits per heavy atom. The Hall–Kier alpha value is -2.18. The van der Waals surface area contributed by atoms with Gasteiger partial charge in [-0.2, -0.15) is 4.31 Å². The third kappa shape index (κ3) is 5.25. The first-order valence-corrected chi connectivity index (χ1v) is 11.5. The summed E-state index contributed by atoms with van der Waals surface area (Å²) in [6, 6.07) is 14.0. The highest BCUT2D eigenvalue weighted by Crippen LogP contribution is 2.23. The molecule has 0 saturated carbocycles. The standard InChI is InChI=1S/C23H29NO4S/c1-23(2,3)20-11-7-18(8-12-20)17-28-22(25)19-9-13-21(14-10-19)29(26,27)24-15-5-4-6-16-24/h7-14H,4-6,15-17H2,1-3H3. The Labute approximate surface area is 173 Å². The van der Waals surface area contributed by atoms with Crippen molar-refractivity contribution in [2.45, 2.75) is 57.0 Å². The van der Waals surface area contributed by atoms with Crippen molar-refractivity contribution in [3.63, 3.8) is 0 Å². The van der Waals surface area contributed by atoms with Gasteiger partial charge in [0.25, 0.3) is 0 Å². The lowest BCUT2D eigenvalue weighted by Gasteiger charge is -2.25. The van der Waals surface area contributed by atoms with Crippen LogP contribution in [0, 0.1) is 0 Å². The molecule has 1 fully saturated rings. The maximum absolute atomic E-state index is 12.7. The zero-order valence-electron chi connectivity index (χ0n) is 17.3. The van der Waals surface area contributed by atoms with Crippen LogP contribution in [0.25, 0.3) is 0 Å². The Kier molecular flexibility index (Phi) is 6.44. The van der Waals surface area contributed by atoms with Gasteiger partial charge in [0.2, 0.25) is 10.0 Å². The Morgan fingerprint density at radius 1 is 0.931 bits per heavy atom. The normalized spacial score (nSPS) is 15.8. The molecule has 0 aromatic heterocycles. The first-order valence-electron chi connectivity index (χ1n) is 10.0. The minimum atomic E-state index is -3.49. The summed E-state index contributed by atoms with van der Waals surface area (Å²) in [4.78, 5) is 12.5. The van der Waals surface area contributed by atoms with Gasteiger partial charge in [-0.25, -0.2) is 13.2 Å². The molecule has 0 atom stereocenters. The summed E-state index contributed by atoms with van der Waals surface area (Å²) < 4.78 is 32.3. The number of esters is 1. The SMILES string of the molecule is CC(C)(C)c1ccc(COC(=O)c2ccc(S(=O)(=O)N3CCCCC3)cc2)cc1. The molecule has 0 amide bonds. The van der Waals surface area contributed by atoms with Crippen LogP contribution in [0.15, 0.2) is 53.4 Å². The second kappa shape index (κ2) is 8.67. The van der Waals surface area contributed by atoms with E-state index in [-0.39, 0.29) is 16.9 Å². The van der Waals surface area contributed by atoms with E-state index in [0.29, 0.717) is 18.7 Å². The van der Waals surface area contributed by atoms with E-state index >= 15 is 0 Å². The highest BCUT2D eigenvalue weighted by molar-refractivity contribution is 7.89. The lowest BCUT2D eigenvalue weighted by Crippen LogP contribution is -2.35. The van der Waals surface area contributed by atoms with Gasteiger partial charge in [-0.1, -0.05) is 51.5 Å². The molecule has 1 heterocycles. The van der Waals surface area contributed by atoms with Crippen molar-refractivity contribution >= 4 is 16.0 Å². The summed E-state index contributed by atoms with van der Waals surface area (Å²) in [5.41, 5.74) is 2.55. The monoisotopic (exact) mass is 415 g/mol. The third-order valence-electron chi connectivity index (χ3n) is 5.23. The summed E-state index contributed by atoms with van der Waals surface area (Å²) >= 11 is 0. The first-order chi connectivity index (χ1) is 13.7. The predicted molar refractivity (Wildman–Crippen MR) is 113 cm³/mol. The van der Waals surface area contributed by atoms with Gasteiger partial charge in [-0.3, -0.25) is 0 Å². The fourth-order valence-corrected chi connectivity index (χ4v) is 4.87. The van der Waals surface area contributed by atoms with E-state index in [1.54, 1.807) is 0 Å². The summed E-state index contributed by atoms with van der Waals surface area (Å²) in [5, 5.41) is 0. The largest absolute Gasteiger partial charge is 0.457 e. The number of nitrogens with zero attached hydrogens (tertiary/aromatic N) is 1. The van der Waals surface area contributed by atoms with Gasteiger partial charge >= 0.3 is 5.97 Å². The molecule has 0 aliphatic carbocycles. The minimum Gasteiger partial charge on any atom is -0.457 e. The fourth-order valence-electron chi connectivity index (χ4n) is 3.35. The van der Waals surface area contributed by atoms with Crippen LogP contribution in [0.4, 0.5) is 0 Å². The Bertz CT molecular complexity index is 936. The molecule has 0 spiro atoms. The molecule has 0 bridgehead atoms. The van der Waals surface area contributed by atoms with Crippen LogP contribution in [0.3, 0.4) is 0 Å². The fraction of sp³-hybridized carbons (Fsp3) is 0.435. The summed E-state index contributed by atoms with van der Waals surface area (Å²) in [7, 11) is -3.49. The van der Waals surface area contributed by atoms with E-state index in [9.17, 15) is 13.2 Å². The molecule has 29 heavy (non-hydrogen) atoms. The van der Waals surface area contributed by atoms with Crippen molar-refractivity contribution in [1.29, 1.82) is 0 Å². The summed E-state index contributed by atoms with van der Waals surface area (Å²) in [6.07, 6.45) is 2.84. The van der Waals surface area contributed by atoms with Crippen LogP contribution >= 0.6 is 0 Å². The van der Waals surface area contributed by atoms with Gasteiger partial charge in [0.05, 0.1) is 10.5 Å². The van der Waals surface area contributed by atoms with E-state index in [1.165, 1.54) is 34.1 Å². The Morgan fingerprint density at radius 3 is 2.07 bits per heavy atom. The molecule has 156 valence electrons. The molecule has 3 rings (SSSR count). The van der Waals surface area contributed by atoms with Crippen molar-refractivity contribution in [1.82, 2.24) is 4.31 Å². The molecule has 0 radical (unpaired) electrons. The van der Waals surface area contributed by atoms with Crippen molar-refractivity contribution in [2.24, 2.45) is 0 Å². The number of sulfonamides is 1. The molecule has 6 heteroatoms. The van der Waals surface area contributed by atoms with E-state index in [0.717, 1.165) is 24.8 Å². The van der Waals surface area contributed by atoms with Crippen molar-refractivity contribution in [2.75, 3.05) is 13.1 Å². The van der Waals surface area contributed by atoms with Crippen LogP contribution in [0.1, 0.15) is 61.5 Å². The van der Waals surface area contributed by atoms with Crippen LogP contribution in [-0.2, 0) is 26.8 Å². The third-order valence-corrected chi connectivity index (χ3v) is 7.15. The predicted octanol–water partition coefficient (Wildman–Crippen LogP) is 4.52. The number of benzene rings is 2. The highest BCUT2D eigenvalue weighted by atomic mass is 32.2. The summed E-state index contributed by atoms with van der Waals surface area (Å²) in [5.74, 6) is -0.466. The maximum Gasteiger partial charge on any atom is 0.338 e. The minimum absolute atomic E-state index is 0.0749. The first kappa shape index (κ1) is 21.5. The van der Waals surface area contributed by atoms with Gasteiger partial charge < -0.3 is 4.74 Å². The van der Waals surface area contributed by atoms with Gasteiger partial charge in [-0.05, 0) is 53.6 Å². The average molecular weight is 416 g/mol. The van der Waals surface area contributed by atoms with Crippen molar-refractivity contribution in [3.8, 4) is 0 Å². The zero-order chi connectivity index (χ0) is 21.1. The van der Waals surface area contributed by atoms with E-state index < -0.39 is 16.0 Å². The molecule has 2 aromatic carbocycles. The van der Waals surface area contributed by atoms with Gasteiger partial charge in [0.1, 0.15) is 6.61 Å². The van der Waals surface area contributed by atoms with Gasteiger partial charge in [0, 0.05) is 13.1 Å². The summed E-state index contributed by atoms with van der Waals surface area (Å²) in [6.45, 7) is 7.74. The lowest BCUT2D eigenvalue weighted by molar-refractivity contribution is 0.0472. The molecule has 2 aromatic rings. The van der Waals surface area contributed by atoms with Crippen LogP contribution in [0.5, 0.6) is 0 Å². The van der Waals surface area contributed by atoms with Crippen LogP contribution in [0.2, 0.25) is 0 Å². The number of hydrogen-bond acceptors (Lipinski definition) is 4. The van der Waals surface area contributed by atoms with Crippen LogP contribution < -0.4 is 0 Å². The van der Waals surface area contributed by atoms with E-state index in [1.807, 2.05) is 24.3 Å². The number of hydrogen-bond donors (Lipinski definition) is 0. The smallest absolute Gasteiger partial charge is 0.338 e. The van der Waals surface area contributed by atoms with E-state index in [2.05, 4.69) is 20.8 Å². The van der Waals surface area contributed by atoms with Gasteiger partial charge in [0.15, 0.2) is 0 Å². The highest BCUT2D eigenvalue weighted by Gasteiger charge is 2.26. The topological polar surface area (TPSA) is 63.7 Å². The molecule has 1 aliphatic heterocycles. The number of carbonyl (C=O) groups excluding carboxylic acids is 1.